The van der Waals surface area contributed by atoms with Gasteiger partial charge in [0, 0.05) is 11.5 Å². The number of thioether (sulfide) groups is 1. The predicted molar refractivity (Wildman–Crippen MR) is 113 cm³/mol. The Bertz CT molecular complexity index is 667. The van der Waals surface area contributed by atoms with Gasteiger partial charge >= 0.3 is 5.97 Å². The Kier molecular flexibility index (Phi) is 8.35. The van der Waals surface area contributed by atoms with Gasteiger partial charge in [-0.25, -0.2) is 4.79 Å². The first-order valence-corrected chi connectivity index (χ1v) is 11.4. The standard InChI is InChI=1S/C20H29NO4S2/c1-4-5-14(12-26)11-25-15-6-7-16-17(10-15)13(2)21(19(16)22)18(20(23)24)8-9-27-3/h6-7,10,13-14,18,26H,4-5,8-9,11-12H2,1-3H3,(H,23,24). The zero-order valence-electron chi connectivity index (χ0n) is 16.2. The smallest absolute Gasteiger partial charge is 0.326 e. The van der Waals surface area contributed by atoms with Crippen molar-refractivity contribution < 1.29 is 19.4 Å². The van der Waals surface area contributed by atoms with E-state index in [4.69, 9.17) is 4.74 Å². The van der Waals surface area contributed by atoms with Crippen LogP contribution in [0.2, 0.25) is 0 Å². The third-order valence-corrected chi connectivity index (χ3v) is 6.17. The Morgan fingerprint density at radius 2 is 2.15 bits per heavy atom. The van der Waals surface area contributed by atoms with Crippen molar-refractivity contribution >= 4 is 36.3 Å². The predicted octanol–water partition coefficient (Wildman–Crippen LogP) is 4.13. The molecule has 1 aromatic carbocycles. The van der Waals surface area contributed by atoms with Gasteiger partial charge in [-0.15, -0.1) is 0 Å². The summed E-state index contributed by atoms with van der Waals surface area (Å²) in [6.07, 6.45) is 4.52. The van der Waals surface area contributed by atoms with Crippen LogP contribution in [0.1, 0.15) is 55.1 Å². The van der Waals surface area contributed by atoms with Gasteiger partial charge in [0.15, 0.2) is 0 Å². The van der Waals surface area contributed by atoms with E-state index in [-0.39, 0.29) is 11.9 Å². The minimum Gasteiger partial charge on any atom is -0.493 e. The molecule has 0 aromatic heterocycles. The number of fused-ring (bicyclic) bond motifs is 1. The minimum absolute atomic E-state index is 0.211. The number of carboxylic acid groups (broad SMARTS) is 1. The Hall–Kier alpha value is -1.34. The van der Waals surface area contributed by atoms with Gasteiger partial charge in [-0.05, 0) is 61.3 Å². The van der Waals surface area contributed by atoms with Gasteiger partial charge in [-0.2, -0.15) is 24.4 Å². The highest BCUT2D eigenvalue weighted by Crippen LogP contribution is 2.38. The van der Waals surface area contributed by atoms with E-state index >= 15 is 0 Å². The molecule has 7 heteroatoms. The second-order valence-electron chi connectivity index (χ2n) is 6.92. The number of amides is 1. The van der Waals surface area contributed by atoms with Gasteiger partial charge in [0.25, 0.3) is 5.91 Å². The Morgan fingerprint density at radius 3 is 2.74 bits per heavy atom. The summed E-state index contributed by atoms with van der Waals surface area (Å²) in [5.41, 5.74) is 1.41. The molecule has 0 radical (unpaired) electrons. The van der Waals surface area contributed by atoms with Crippen LogP contribution in [0, 0.1) is 5.92 Å². The molecule has 1 aromatic rings. The molecule has 27 heavy (non-hydrogen) atoms. The van der Waals surface area contributed by atoms with E-state index in [0.29, 0.717) is 36.0 Å². The van der Waals surface area contributed by atoms with Gasteiger partial charge < -0.3 is 14.7 Å². The van der Waals surface area contributed by atoms with E-state index in [9.17, 15) is 14.7 Å². The molecule has 5 nitrogen and oxygen atoms in total. The highest BCUT2D eigenvalue weighted by Gasteiger charge is 2.41. The van der Waals surface area contributed by atoms with Crippen molar-refractivity contribution in [3.8, 4) is 5.75 Å². The van der Waals surface area contributed by atoms with E-state index in [1.807, 2.05) is 19.2 Å². The van der Waals surface area contributed by atoms with Crippen molar-refractivity contribution in [1.82, 2.24) is 4.90 Å². The fraction of sp³-hybridized carbons (Fsp3) is 0.600. The third-order valence-electron chi connectivity index (χ3n) is 5.01. The quantitative estimate of drug-likeness (QED) is 0.536. The molecule has 150 valence electrons. The summed E-state index contributed by atoms with van der Waals surface area (Å²) in [5, 5.41) is 9.62. The highest BCUT2D eigenvalue weighted by molar-refractivity contribution is 7.98. The molecule has 0 fully saturated rings. The van der Waals surface area contributed by atoms with Crippen molar-refractivity contribution in [1.29, 1.82) is 0 Å². The first-order chi connectivity index (χ1) is 12.9. The molecular formula is C20H29NO4S2. The number of carbonyl (C=O) groups excluding carboxylic acids is 1. The molecule has 3 atom stereocenters. The number of nitrogens with zero attached hydrogens (tertiary/aromatic N) is 1. The maximum atomic E-state index is 12.8. The van der Waals surface area contributed by atoms with Gasteiger partial charge in [-0.3, -0.25) is 4.79 Å². The number of ether oxygens (including phenoxy) is 1. The monoisotopic (exact) mass is 411 g/mol. The Labute approximate surface area is 171 Å². The summed E-state index contributed by atoms with van der Waals surface area (Å²) >= 11 is 5.96. The zero-order valence-corrected chi connectivity index (χ0v) is 17.9. The van der Waals surface area contributed by atoms with Crippen LogP contribution in [-0.2, 0) is 4.79 Å². The number of hydrogen-bond acceptors (Lipinski definition) is 5. The van der Waals surface area contributed by atoms with E-state index in [1.165, 1.54) is 4.90 Å². The second kappa shape index (κ2) is 10.3. The molecule has 0 spiro atoms. The molecule has 3 unspecified atom stereocenters. The van der Waals surface area contributed by atoms with Crippen molar-refractivity contribution in [2.24, 2.45) is 5.92 Å². The number of benzene rings is 1. The van der Waals surface area contributed by atoms with Crippen LogP contribution in [0.15, 0.2) is 18.2 Å². The molecule has 1 aliphatic heterocycles. The van der Waals surface area contributed by atoms with Crippen LogP contribution in [0.4, 0.5) is 0 Å². The average molecular weight is 412 g/mol. The molecule has 0 aliphatic carbocycles. The lowest BCUT2D eigenvalue weighted by Crippen LogP contribution is -2.43. The molecule has 1 N–H and O–H groups in total. The Balaban J connectivity index is 2.17. The van der Waals surface area contributed by atoms with Gasteiger partial charge in [0.2, 0.25) is 0 Å². The first-order valence-electron chi connectivity index (χ1n) is 9.36. The summed E-state index contributed by atoms with van der Waals surface area (Å²) in [5.74, 6) is 1.42. The lowest BCUT2D eigenvalue weighted by atomic mass is 10.0. The number of thiol groups is 1. The van der Waals surface area contributed by atoms with Crippen LogP contribution in [0.25, 0.3) is 0 Å². The van der Waals surface area contributed by atoms with Crippen molar-refractivity contribution in [2.75, 3.05) is 24.4 Å². The normalized spacial score (nSPS) is 18.3. The summed E-state index contributed by atoms with van der Waals surface area (Å²) in [7, 11) is 0. The summed E-state index contributed by atoms with van der Waals surface area (Å²) < 4.78 is 5.93. The lowest BCUT2D eigenvalue weighted by molar-refractivity contribution is -0.143. The van der Waals surface area contributed by atoms with Crippen molar-refractivity contribution in [3.05, 3.63) is 29.3 Å². The topological polar surface area (TPSA) is 66.8 Å². The molecule has 0 saturated heterocycles. The first kappa shape index (κ1) is 22.0. The molecular weight excluding hydrogens is 382 g/mol. The second-order valence-corrected chi connectivity index (χ2v) is 8.27. The zero-order chi connectivity index (χ0) is 20.0. The molecule has 0 bridgehead atoms. The molecule has 1 amide bonds. The lowest BCUT2D eigenvalue weighted by Gasteiger charge is -2.28. The molecule has 1 aliphatic rings. The maximum absolute atomic E-state index is 12.8. The largest absolute Gasteiger partial charge is 0.493 e. The Morgan fingerprint density at radius 1 is 1.41 bits per heavy atom. The van der Waals surface area contributed by atoms with Crippen molar-refractivity contribution in [3.63, 3.8) is 0 Å². The third kappa shape index (κ3) is 5.13. The SMILES string of the molecule is CCCC(CS)COc1ccc2c(c1)C(C)N(C(CCSC)C(=O)O)C2=O. The van der Waals surface area contributed by atoms with Crippen molar-refractivity contribution in [2.45, 2.75) is 45.2 Å². The minimum atomic E-state index is -0.954. The van der Waals surface area contributed by atoms with Crippen LogP contribution in [0.3, 0.4) is 0 Å². The molecule has 1 heterocycles. The average Bonchev–Trinajstić information content (AvgIpc) is 2.90. The van der Waals surface area contributed by atoms with Crippen LogP contribution in [-0.4, -0.2) is 52.3 Å². The molecule has 0 saturated carbocycles. The van der Waals surface area contributed by atoms with E-state index in [1.54, 1.807) is 23.9 Å². The number of rotatable bonds is 11. The van der Waals surface area contributed by atoms with Crippen LogP contribution < -0.4 is 4.74 Å². The van der Waals surface area contributed by atoms with Crippen LogP contribution >= 0.6 is 24.4 Å². The van der Waals surface area contributed by atoms with E-state index in [0.717, 1.165) is 24.2 Å². The van der Waals surface area contributed by atoms with E-state index < -0.39 is 12.0 Å². The highest BCUT2D eigenvalue weighted by atomic mass is 32.2. The number of carboxylic acids is 1. The van der Waals surface area contributed by atoms with E-state index in [2.05, 4.69) is 19.6 Å². The number of hydrogen-bond donors (Lipinski definition) is 2. The maximum Gasteiger partial charge on any atom is 0.326 e. The summed E-state index contributed by atoms with van der Waals surface area (Å²) in [6, 6.07) is 4.34. The number of carbonyl (C=O) groups is 2. The number of aliphatic carboxylic acids is 1. The fourth-order valence-electron chi connectivity index (χ4n) is 3.51. The fourth-order valence-corrected chi connectivity index (χ4v) is 4.25. The van der Waals surface area contributed by atoms with Crippen LogP contribution in [0.5, 0.6) is 5.75 Å². The summed E-state index contributed by atoms with van der Waals surface area (Å²) in [6.45, 7) is 4.62. The summed E-state index contributed by atoms with van der Waals surface area (Å²) in [4.78, 5) is 26.1. The molecule has 2 rings (SSSR count). The van der Waals surface area contributed by atoms with Gasteiger partial charge in [0.05, 0.1) is 12.6 Å². The van der Waals surface area contributed by atoms with Gasteiger partial charge in [0.1, 0.15) is 11.8 Å². The van der Waals surface area contributed by atoms with Gasteiger partial charge in [-0.1, -0.05) is 13.3 Å².